The molecule has 0 aromatic carbocycles. The molecule has 6 aromatic rings. The Labute approximate surface area is 374 Å². The summed E-state index contributed by atoms with van der Waals surface area (Å²) in [6.45, 7) is 12.0. The smallest absolute Gasteiger partial charge is 0.0784 e. The highest BCUT2D eigenvalue weighted by Crippen LogP contribution is 2.54. The minimum absolute atomic E-state index is 0.897. The maximum Gasteiger partial charge on any atom is 0.0784 e. The third-order valence-corrected chi connectivity index (χ3v) is 15.6. The zero-order valence-corrected chi connectivity index (χ0v) is 43.0. The van der Waals surface area contributed by atoms with Crippen molar-refractivity contribution in [3.05, 3.63) is 80.2 Å². The Morgan fingerprint density at radius 1 is 0.393 bits per heavy atom. The summed E-state index contributed by atoms with van der Waals surface area (Å²) in [5.41, 5.74) is 2.51. The van der Waals surface area contributed by atoms with Crippen molar-refractivity contribution >= 4 is 112 Å². The van der Waals surface area contributed by atoms with E-state index in [4.69, 9.17) is 0 Å². The summed E-state index contributed by atoms with van der Waals surface area (Å²) in [5, 5.41) is 13.3. The molecule has 0 nitrogen and oxygen atoms in total. The van der Waals surface area contributed by atoms with Crippen molar-refractivity contribution in [1.82, 2.24) is 0 Å². The van der Waals surface area contributed by atoms with Gasteiger partial charge in [0.1, 0.15) is 0 Å². The lowest BCUT2D eigenvalue weighted by Gasteiger charge is -2.14. The zero-order valence-electron chi connectivity index (χ0n) is 34.9. The van der Waals surface area contributed by atoms with Crippen molar-refractivity contribution in [1.29, 1.82) is 0 Å². The van der Waals surface area contributed by atoms with Crippen LogP contribution < -0.4 is 0 Å². The van der Waals surface area contributed by atoms with Crippen LogP contribution >= 0.6 is 112 Å². The van der Waals surface area contributed by atoms with Crippen LogP contribution in [0.4, 0.5) is 0 Å². The van der Waals surface area contributed by atoms with Gasteiger partial charge in [-0.3, -0.25) is 0 Å². The number of rotatable bonds is 5. The summed E-state index contributed by atoms with van der Waals surface area (Å²) in [7, 11) is -1.79. The summed E-state index contributed by atoms with van der Waals surface area (Å²) < 4.78 is 0. The van der Waals surface area contributed by atoms with Gasteiger partial charge in [0.25, 0.3) is 0 Å². The second-order valence-corrected chi connectivity index (χ2v) is 27.8. The molecule has 6 rings (SSSR count). The average Bonchev–Trinajstić information content (AvgIpc) is 4.03. The Kier molecular flexibility index (Phi) is 20.2. The molecule has 10 heteroatoms. The maximum absolute atomic E-state index is 3.49. The Balaban J connectivity index is 0.00000134. The van der Waals surface area contributed by atoms with Gasteiger partial charge in [-0.25, -0.2) is 0 Å². The van der Waals surface area contributed by atoms with Crippen LogP contribution in [0.1, 0.15) is 61.1 Å². The minimum Gasteiger partial charge on any atom is -0.186 e. The highest BCUT2D eigenvalue weighted by atomic mass is 32.3. The molecule has 0 amide bonds. The van der Waals surface area contributed by atoms with Crippen molar-refractivity contribution in [2.24, 2.45) is 0 Å². The first kappa shape index (κ1) is 48.2. The normalized spacial score (nSPS) is 10.8. The van der Waals surface area contributed by atoms with Gasteiger partial charge in [0.05, 0.1) is 29.3 Å². The highest BCUT2D eigenvalue weighted by Gasteiger charge is 2.23. The lowest BCUT2D eigenvalue weighted by molar-refractivity contribution is 1.50. The molecule has 0 radical (unpaired) electrons. The van der Waals surface area contributed by atoms with Gasteiger partial charge in [0.2, 0.25) is 0 Å². The van der Waals surface area contributed by atoms with Crippen molar-refractivity contribution in [2.45, 2.75) is 41.5 Å². The van der Waals surface area contributed by atoms with Crippen molar-refractivity contribution in [2.75, 3.05) is 50.0 Å². The van der Waals surface area contributed by atoms with E-state index < -0.39 is 20.1 Å². The quantitative estimate of drug-likeness (QED) is 0.158. The molecule has 0 bridgehead atoms. The first-order chi connectivity index (χ1) is 26.9. The fourth-order valence-corrected chi connectivity index (χ4v) is 12.3. The molecule has 0 aliphatic carbocycles. The van der Waals surface area contributed by atoms with Gasteiger partial charge in [-0.2, -0.15) is 20.1 Å². The van der Waals surface area contributed by atoms with Crippen LogP contribution in [-0.4, -0.2) is 50.0 Å². The molecule has 6 aromatic heterocycles. The van der Waals surface area contributed by atoms with Gasteiger partial charge in [0.15, 0.2) is 0 Å². The van der Waals surface area contributed by atoms with Crippen LogP contribution in [-0.2, 0) is 0 Å². The van der Waals surface area contributed by atoms with Crippen LogP contribution in [0, 0.1) is 44.7 Å². The van der Waals surface area contributed by atoms with E-state index in [1.54, 1.807) is 68.9 Å². The van der Waals surface area contributed by atoms with Crippen LogP contribution in [0.2, 0.25) is 0 Å². The minimum atomic E-state index is -0.897. The van der Waals surface area contributed by atoms with Crippen molar-refractivity contribution < 1.29 is 0 Å². The van der Waals surface area contributed by atoms with Gasteiger partial charge in [-0.05, 0) is 155 Å². The van der Waals surface area contributed by atoms with Crippen LogP contribution in [0.3, 0.4) is 0 Å². The fourth-order valence-electron chi connectivity index (χ4n) is 4.51. The molecule has 0 aliphatic rings. The third kappa shape index (κ3) is 14.0. The van der Waals surface area contributed by atoms with E-state index in [9.17, 15) is 0 Å². The van der Waals surface area contributed by atoms with Crippen LogP contribution in [0.25, 0.3) is 50.1 Å². The molecule has 6 heterocycles. The van der Waals surface area contributed by atoms with E-state index in [2.05, 4.69) is 143 Å². The predicted octanol–water partition coefficient (Wildman–Crippen LogP) is 16.8. The average molecular weight is 926 g/mol. The molecule has 0 atom stereocenters. The Bertz CT molecular complexity index is 2240. The van der Waals surface area contributed by atoms with E-state index in [1.165, 1.54) is 50.1 Å². The second kappa shape index (κ2) is 23.4. The Hall–Kier alpha value is -2.16. The molecule has 56 heavy (non-hydrogen) atoms. The summed E-state index contributed by atoms with van der Waals surface area (Å²) in [5.74, 6) is 13.5. The predicted molar refractivity (Wildman–Crippen MR) is 280 cm³/mol. The molecule has 0 fully saturated rings. The lowest BCUT2D eigenvalue weighted by atomic mass is 10.1. The summed E-state index contributed by atoms with van der Waals surface area (Å²) in [6, 6.07) is 22.4. The lowest BCUT2D eigenvalue weighted by Crippen LogP contribution is -1.84. The van der Waals surface area contributed by atoms with Gasteiger partial charge < -0.3 is 0 Å². The summed E-state index contributed by atoms with van der Waals surface area (Å²) in [4.78, 5) is 14.5. The van der Waals surface area contributed by atoms with E-state index in [1.807, 2.05) is 76.7 Å². The first-order valence-corrected chi connectivity index (χ1v) is 31.1. The second-order valence-electron chi connectivity index (χ2n) is 12.4. The van der Waals surface area contributed by atoms with Gasteiger partial charge in [-0.15, -0.1) is 68.0 Å². The van der Waals surface area contributed by atoms with Gasteiger partial charge in [0, 0.05) is 40.4 Å². The van der Waals surface area contributed by atoms with E-state index >= 15 is 0 Å². The Morgan fingerprint density at radius 3 is 1.02 bits per heavy atom. The van der Waals surface area contributed by atoms with E-state index in [0.29, 0.717) is 0 Å². The van der Waals surface area contributed by atoms with Gasteiger partial charge >= 0.3 is 0 Å². The van der Waals surface area contributed by atoms with E-state index in [0.717, 1.165) is 19.5 Å². The Morgan fingerprint density at radius 2 is 0.696 bits per heavy atom. The third-order valence-electron chi connectivity index (χ3n) is 6.62. The standard InChI is InChI=1S/C40H34S10.3C2H6/c1-41-21-17-27-9-13-33(43-27)31-25-37(35-15-11-29(45-35)19-23-49(3,4)5)47-39(31)40-32(34-14-10-28(44-34)18-22-42-2)26-38(48-40)36-16-12-30(46-36)20-24-50(6,7)8;3*1-2/h9-16,25-26H,1-8H3;3*1-2H3. The molecule has 0 N–H and O–H groups in total. The van der Waals surface area contributed by atoms with Crippen molar-refractivity contribution in [3.63, 3.8) is 0 Å². The molecule has 0 spiro atoms. The summed E-state index contributed by atoms with van der Waals surface area (Å²) >= 11 is 14.0. The number of thioether (sulfide) groups is 2. The number of hydrogen-bond donors (Lipinski definition) is 0. The molecule has 0 unspecified atom stereocenters. The van der Waals surface area contributed by atoms with Crippen LogP contribution in [0.15, 0.2) is 60.7 Å². The molecular formula is C46H52S10. The molecule has 0 saturated heterocycles. The number of hydrogen-bond acceptors (Lipinski definition) is 8. The maximum atomic E-state index is 3.49. The fraction of sp³-hybridized carbons (Fsp3) is 0.304. The monoisotopic (exact) mass is 924 g/mol. The zero-order chi connectivity index (χ0) is 41.5. The topological polar surface area (TPSA) is 0 Å². The molecule has 296 valence electrons. The SMILES string of the molecule is CC.CC.CC.CSC#Cc1ccc(-c2cc(-c3ccc(C#CS(C)(C)C)s3)sc2-c2sc(-c3ccc(C#CS(C)(C)C)s3)cc2-c2ccc(C#CSC)s2)s1. The molecule has 0 saturated carbocycles. The molecule has 0 aliphatic heterocycles. The van der Waals surface area contributed by atoms with Crippen molar-refractivity contribution in [3.8, 4) is 94.8 Å². The largest absolute Gasteiger partial charge is 0.186 e. The van der Waals surface area contributed by atoms with Crippen LogP contribution in [0.5, 0.6) is 0 Å². The van der Waals surface area contributed by atoms with E-state index in [-0.39, 0.29) is 0 Å². The number of thiophene rings is 6. The van der Waals surface area contributed by atoms with Gasteiger partial charge in [-0.1, -0.05) is 65.1 Å². The molecular weight excluding hydrogens is 873 g/mol. The highest BCUT2D eigenvalue weighted by molar-refractivity contribution is 8.36. The first-order valence-electron chi connectivity index (χ1n) is 18.1. The summed E-state index contributed by atoms with van der Waals surface area (Å²) in [6.07, 6.45) is 17.5.